The van der Waals surface area contributed by atoms with Gasteiger partial charge in [0.05, 0.1) is 5.69 Å². The number of benzene rings is 2. The first-order valence-corrected chi connectivity index (χ1v) is 7.46. The molecule has 0 spiro atoms. The summed E-state index contributed by atoms with van der Waals surface area (Å²) in [7, 11) is 0. The molecule has 1 unspecified atom stereocenters. The lowest BCUT2D eigenvalue weighted by Crippen LogP contribution is -2.32. The van der Waals surface area contributed by atoms with Crippen LogP contribution in [0.4, 0.5) is 33.3 Å². The van der Waals surface area contributed by atoms with Gasteiger partial charge in [0, 0.05) is 11.8 Å². The average molecular weight is 374 g/mol. The summed E-state index contributed by atoms with van der Waals surface area (Å²) in [5, 5.41) is 5.04. The second-order valence-electron chi connectivity index (χ2n) is 5.41. The molecule has 0 aromatic heterocycles. The van der Waals surface area contributed by atoms with Crippen molar-refractivity contribution in [2.45, 2.75) is 19.1 Å². The molecule has 0 saturated heterocycles. The number of hydrogen-bond donors (Lipinski definition) is 2. The number of alkyl halides is 3. The lowest BCUT2D eigenvalue weighted by atomic mass is 10.2. The van der Waals surface area contributed by atoms with Crippen molar-refractivity contribution >= 4 is 17.3 Å². The molecule has 0 aliphatic carbocycles. The van der Waals surface area contributed by atoms with Crippen molar-refractivity contribution in [1.29, 1.82) is 0 Å². The summed E-state index contributed by atoms with van der Waals surface area (Å²) in [6, 6.07) is 7.33. The Kier molecular flexibility index (Phi) is 6.01. The molecule has 0 aliphatic rings. The van der Waals surface area contributed by atoms with Gasteiger partial charge in [0.15, 0.2) is 6.61 Å². The van der Waals surface area contributed by atoms with Crippen LogP contribution in [0.3, 0.4) is 0 Å². The third-order valence-electron chi connectivity index (χ3n) is 3.22. The topological polar surface area (TPSA) is 50.4 Å². The van der Waals surface area contributed by atoms with Crippen molar-refractivity contribution in [2.24, 2.45) is 0 Å². The summed E-state index contributed by atoms with van der Waals surface area (Å²) in [6.45, 7) is 0.0817. The highest BCUT2D eigenvalue weighted by Crippen LogP contribution is 2.21. The minimum absolute atomic E-state index is 0.0202. The largest absolute Gasteiger partial charge is 0.484 e. The van der Waals surface area contributed by atoms with Crippen LogP contribution in [-0.4, -0.2) is 24.7 Å². The van der Waals surface area contributed by atoms with Crippen molar-refractivity contribution in [3.8, 4) is 5.75 Å². The zero-order valence-corrected chi connectivity index (χ0v) is 13.5. The number of ether oxygens (including phenoxy) is 1. The molecule has 0 saturated carbocycles. The van der Waals surface area contributed by atoms with Gasteiger partial charge < -0.3 is 15.4 Å². The van der Waals surface area contributed by atoms with Crippen molar-refractivity contribution in [3.05, 3.63) is 54.1 Å². The quantitative estimate of drug-likeness (QED) is 0.740. The fourth-order valence-corrected chi connectivity index (χ4v) is 1.96. The van der Waals surface area contributed by atoms with E-state index < -0.39 is 36.4 Å². The maximum absolute atomic E-state index is 13.5. The summed E-state index contributed by atoms with van der Waals surface area (Å²) >= 11 is 0. The lowest BCUT2D eigenvalue weighted by molar-refractivity contribution is -0.153. The number of hydrogen-bond acceptors (Lipinski definition) is 3. The second-order valence-corrected chi connectivity index (χ2v) is 5.41. The van der Waals surface area contributed by atoms with E-state index in [9.17, 15) is 26.7 Å². The highest BCUT2D eigenvalue weighted by molar-refractivity contribution is 5.96. The normalized spacial score (nSPS) is 12.4. The second kappa shape index (κ2) is 8.03. The minimum Gasteiger partial charge on any atom is -0.484 e. The molecule has 140 valence electrons. The predicted molar refractivity (Wildman–Crippen MR) is 86.1 cm³/mol. The van der Waals surface area contributed by atoms with Crippen LogP contribution in [0.1, 0.15) is 6.92 Å². The Morgan fingerprint density at radius 1 is 1.12 bits per heavy atom. The molecule has 1 amide bonds. The van der Waals surface area contributed by atoms with Gasteiger partial charge >= 0.3 is 6.18 Å². The maximum Gasteiger partial charge on any atom is 0.422 e. The van der Waals surface area contributed by atoms with Gasteiger partial charge in [0.1, 0.15) is 23.4 Å². The molecule has 1 atom stereocenters. The zero-order valence-electron chi connectivity index (χ0n) is 13.5. The van der Waals surface area contributed by atoms with Crippen LogP contribution in [-0.2, 0) is 4.79 Å². The Bertz CT molecular complexity index is 763. The van der Waals surface area contributed by atoms with Crippen molar-refractivity contribution in [3.63, 3.8) is 0 Å². The van der Waals surface area contributed by atoms with Crippen molar-refractivity contribution in [1.82, 2.24) is 0 Å². The maximum atomic E-state index is 13.5. The Labute approximate surface area is 146 Å². The fraction of sp³-hybridized carbons (Fsp3) is 0.235. The van der Waals surface area contributed by atoms with E-state index in [0.29, 0.717) is 5.69 Å². The average Bonchev–Trinajstić information content (AvgIpc) is 2.56. The van der Waals surface area contributed by atoms with Crippen LogP contribution in [0.25, 0.3) is 0 Å². The fourth-order valence-electron chi connectivity index (χ4n) is 1.96. The molecule has 2 aromatic rings. The number of halogens is 5. The van der Waals surface area contributed by atoms with Crippen LogP contribution in [0.15, 0.2) is 42.5 Å². The van der Waals surface area contributed by atoms with Crippen LogP contribution in [0.5, 0.6) is 5.75 Å². The first-order valence-electron chi connectivity index (χ1n) is 7.46. The summed E-state index contributed by atoms with van der Waals surface area (Å²) in [5.74, 6) is -2.08. The first kappa shape index (κ1) is 19.5. The van der Waals surface area contributed by atoms with Crippen LogP contribution < -0.4 is 15.4 Å². The van der Waals surface area contributed by atoms with E-state index in [1.807, 2.05) is 0 Å². The molecule has 0 fully saturated rings. The summed E-state index contributed by atoms with van der Waals surface area (Å²) in [4.78, 5) is 12.0. The SMILES string of the molecule is CC(Nc1ccc(OCC(F)(F)F)cc1)C(=O)Nc1cc(F)ccc1F. The molecule has 0 aliphatic heterocycles. The molecule has 26 heavy (non-hydrogen) atoms. The van der Waals surface area contributed by atoms with E-state index in [1.165, 1.54) is 31.2 Å². The third-order valence-corrected chi connectivity index (χ3v) is 3.22. The Morgan fingerprint density at radius 3 is 2.38 bits per heavy atom. The molecule has 9 heteroatoms. The van der Waals surface area contributed by atoms with Crippen LogP contribution >= 0.6 is 0 Å². The number of carbonyl (C=O) groups is 1. The van der Waals surface area contributed by atoms with E-state index in [-0.39, 0.29) is 11.4 Å². The smallest absolute Gasteiger partial charge is 0.422 e. The number of rotatable bonds is 6. The number of amides is 1. The highest BCUT2D eigenvalue weighted by Gasteiger charge is 2.28. The van der Waals surface area contributed by atoms with Gasteiger partial charge in [-0.3, -0.25) is 4.79 Å². The molecule has 0 radical (unpaired) electrons. The molecular formula is C17H15F5N2O2. The van der Waals surface area contributed by atoms with E-state index in [2.05, 4.69) is 15.4 Å². The van der Waals surface area contributed by atoms with E-state index >= 15 is 0 Å². The van der Waals surface area contributed by atoms with Gasteiger partial charge in [-0.2, -0.15) is 13.2 Å². The Balaban J connectivity index is 1.93. The summed E-state index contributed by atoms with van der Waals surface area (Å²) in [6.07, 6.45) is -4.43. The van der Waals surface area contributed by atoms with Crippen LogP contribution in [0.2, 0.25) is 0 Å². The van der Waals surface area contributed by atoms with E-state index in [4.69, 9.17) is 0 Å². The minimum atomic E-state index is -4.43. The first-order chi connectivity index (χ1) is 12.1. The molecule has 4 nitrogen and oxygen atoms in total. The van der Waals surface area contributed by atoms with Gasteiger partial charge in [0.2, 0.25) is 5.91 Å². The molecule has 2 N–H and O–H groups in total. The molecule has 0 heterocycles. The Hall–Kier alpha value is -2.84. The third kappa shape index (κ3) is 5.91. The van der Waals surface area contributed by atoms with Gasteiger partial charge in [-0.05, 0) is 43.3 Å². The lowest BCUT2D eigenvalue weighted by Gasteiger charge is -2.16. The standard InChI is InChI=1S/C17H15F5N2O2/c1-10(16(25)24-15-8-11(18)2-7-14(15)19)23-12-3-5-13(6-4-12)26-9-17(20,21)22/h2-8,10,23H,9H2,1H3,(H,24,25). The molecular weight excluding hydrogens is 359 g/mol. The van der Waals surface area contributed by atoms with E-state index in [1.54, 1.807) is 0 Å². The van der Waals surface area contributed by atoms with Crippen molar-refractivity contribution < 1.29 is 31.5 Å². The zero-order chi connectivity index (χ0) is 19.3. The molecule has 2 rings (SSSR count). The monoisotopic (exact) mass is 374 g/mol. The number of nitrogens with one attached hydrogen (secondary N) is 2. The number of anilines is 2. The van der Waals surface area contributed by atoms with Gasteiger partial charge in [0.25, 0.3) is 0 Å². The van der Waals surface area contributed by atoms with Gasteiger partial charge in [-0.1, -0.05) is 0 Å². The van der Waals surface area contributed by atoms with E-state index in [0.717, 1.165) is 18.2 Å². The summed E-state index contributed by atoms with van der Waals surface area (Å²) < 4.78 is 67.4. The molecule has 2 aromatic carbocycles. The molecule has 0 bridgehead atoms. The van der Waals surface area contributed by atoms with Crippen molar-refractivity contribution in [2.75, 3.05) is 17.2 Å². The predicted octanol–water partition coefficient (Wildman–Crippen LogP) is 4.35. The highest BCUT2D eigenvalue weighted by atomic mass is 19.4. The Morgan fingerprint density at radius 2 is 1.77 bits per heavy atom. The number of carbonyl (C=O) groups excluding carboxylic acids is 1. The van der Waals surface area contributed by atoms with Gasteiger partial charge in [-0.25, -0.2) is 8.78 Å². The van der Waals surface area contributed by atoms with Gasteiger partial charge in [-0.15, -0.1) is 0 Å². The van der Waals surface area contributed by atoms with Crippen LogP contribution in [0, 0.1) is 11.6 Å². The summed E-state index contributed by atoms with van der Waals surface area (Å²) in [5.41, 5.74) is 0.145.